The number of nitrogens with zero attached hydrogens (tertiary/aromatic N) is 1. The standard InChI is InChI=1S/C51H73IN14O19S6/c1-22-40(73)61-33(47(80)65-39(23(2)67)49(82)55-15-37(70)57-34(18-87-52)51(84)85)21-91-90-19-31-45(78)58-27(10-11-38(71)72)42(75)59-28(13-24-6-8-25(68)9-7-24)43(76)63-30(17-86-3)44(77)64-32(20-89-88-16-26(53)41(74)62-31)46(79)60-29(14-36(54)69)50(83)66-12-4-5-35(66)48(81)56-22/h6-9,22-23,26-35,39,67-68H,4-5,10-21,53H2,1-3H3,(H2,54,69)(H,55,82)(H,56,81)(H,57,70)(H,58,78)(H,59,75)(H,60,79)(H,61,73)(H,62,74)(H,63,76)(H,64,77)(H,65,80)(H,71,72)(H,84,85)/t22-,23+,26-,27-,28-,29-,30-,31-,32-,33-,34-,35-,39-/m0/s1. The summed E-state index contributed by atoms with van der Waals surface area (Å²) in [6.07, 6.45) is -2.35. The number of carbonyl (C=O) groups is 15. The van der Waals surface area contributed by atoms with Crippen molar-refractivity contribution < 1.29 is 92.3 Å². The lowest BCUT2D eigenvalue weighted by Gasteiger charge is -2.30. The number of halogens is 1. The number of aromatic hydroxyl groups is 1. The number of nitrogens with two attached hydrogens (primary N) is 2. The number of aliphatic hydroxyl groups excluding tert-OH is 1. The number of thioether (sulfide) groups is 1. The molecule has 3 aliphatic rings. The van der Waals surface area contributed by atoms with Crippen molar-refractivity contribution in [3.63, 3.8) is 0 Å². The van der Waals surface area contributed by atoms with Crippen LogP contribution in [0.4, 0.5) is 0 Å². The van der Waals surface area contributed by atoms with Crippen molar-refractivity contribution in [1.82, 2.24) is 63.4 Å². The number of aliphatic carboxylic acids is 2. The maximum atomic E-state index is 14.5. The van der Waals surface area contributed by atoms with E-state index in [2.05, 4.69) is 58.5 Å². The number of phenolic OH excluding ortho intramolecular Hbond substituents is 1. The van der Waals surface area contributed by atoms with Gasteiger partial charge in [0, 0.05) is 53.9 Å². The van der Waals surface area contributed by atoms with E-state index in [1.807, 2.05) is 21.2 Å². The number of phenols is 1. The van der Waals surface area contributed by atoms with E-state index in [9.17, 15) is 92.3 Å². The van der Waals surface area contributed by atoms with E-state index >= 15 is 0 Å². The fraction of sp³-hybridized carbons (Fsp3) is 0.588. The highest BCUT2D eigenvalue weighted by molar-refractivity contribution is 14.2. The van der Waals surface area contributed by atoms with Crippen LogP contribution >= 0.6 is 85.1 Å². The number of hydrogen-bond acceptors (Lipinski definition) is 24. The Morgan fingerprint density at radius 3 is 1.89 bits per heavy atom. The lowest BCUT2D eigenvalue weighted by atomic mass is 10.0. The molecule has 19 N–H and O–H groups in total. The smallest absolute Gasteiger partial charge is 0.327 e. The predicted molar refractivity (Wildman–Crippen MR) is 347 cm³/mol. The van der Waals surface area contributed by atoms with E-state index in [0.29, 0.717) is 5.56 Å². The van der Waals surface area contributed by atoms with E-state index < -0.39 is 205 Å². The lowest BCUT2D eigenvalue weighted by Crippen LogP contribution is -2.61. The molecule has 0 unspecified atom stereocenters. The fourth-order valence-electron chi connectivity index (χ4n) is 8.69. The molecule has 0 aliphatic carbocycles. The first-order chi connectivity index (χ1) is 43.0. The largest absolute Gasteiger partial charge is 0.508 e. The van der Waals surface area contributed by atoms with E-state index in [1.165, 1.54) is 31.2 Å². The number of fused-ring (bicyclic) bond motifs is 9. The summed E-state index contributed by atoms with van der Waals surface area (Å²) in [6.45, 7) is 1.42. The van der Waals surface area contributed by atoms with Gasteiger partial charge in [0.25, 0.3) is 0 Å². The lowest BCUT2D eigenvalue weighted by molar-refractivity contribution is -0.143. The molecule has 3 heterocycles. The van der Waals surface area contributed by atoms with Crippen LogP contribution < -0.4 is 70.0 Å². The monoisotopic (exact) mass is 1500 g/mol. The van der Waals surface area contributed by atoms with Gasteiger partial charge in [-0.05, 0) is 78.3 Å². The van der Waals surface area contributed by atoms with Gasteiger partial charge in [-0.2, -0.15) is 11.8 Å². The van der Waals surface area contributed by atoms with E-state index in [4.69, 9.17) is 11.5 Å². The Morgan fingerprint density at radius 1 is 0.725 bits per heavy atom. The number of carboxylic acid groups (broad SMARTS) is 2. The summed E-state index contributed by atoms with van der Waals surface area (Å²) in [6, 6.07) is -13.6. The molecular weight excluding hydrogens is 1430 g/mol. The Bertz CT molecular complexity index is 2840. The summed E-state index contributed by atoms with van der Waals surface area (Å²) in [5.41, 5.74) is 12.3. The van der Waals surface area contributed by atoms with Gasteiger partial charge in [0.05, 0.1) is 25.1 Å². The van der Waals surface area contributed by atoms with E-state index in [-0.39, 0.29) is 54.6 Å². The number of primary amides is 1. The van der Waals surface area contributed by atoms with Gasteiger partial charge in [0.2, 0.25) is 76.8 Å². The van der Waals surface area contributed by atoms with Crippen molar-refractivity contribution in [2.45, 2.75) is 131 Å². The zero-order valence-corrected chi connectivity index (χ0v) is 56.1. The molecule has 0 radical (unpaired) electrons. The quantitative estimate of drug-likeness (QED) is 0.0454. The molecule has 504 valence electrons. The van der Waals surface area contributed by atoms with Gasteiger partial charge in [-0.1, -0.05) is 64.2 Å². The summed E-state index contributed by atoms with van der Waals surface area (Å²) >= 11 is 2.91. The van der Waals surface area contributed by atoms with Crippen LogP contribution in [0.1, 0.15) is 51.5 Å². The first-order valence-corrected chi connectivity index (χ1v) is 37.7. The molecule has 0 spiro atoms. The number of benzene rings is 1. The molecule has 1 aromatic carbocycles. The molecule has 3 fully saturated rings. The second-order valence-electron chi connectivity index (χ2n) is 20.7. The fourth-order valence-corrected chi connectivity index (χ4v) is 15.3. The van der Waals surface area contributed by atoms with Gasteiger partial charge in [0.1, 0.15) is 72.2 Å². The molecule has 3 aliphatic heterocycles. The third kappa shape index (κ3) is 25.7. The van der Waals surface area contributed by atoms with Crippen LogP contribution in [-0.4, -0.2) is 247 Å². The van der Waals surface area contributed by atoms with Crippen LogP contribution in [0.2, 0.25) is 0 Å². The SMILES string of the molecule is CSC[C@@H]1NC(=O)[C@H](Cc2ccc(O)cc2)NC(=O)[C@H](CCC(=O)O)NC(=O)[C@@H]2CSSC[C@@H](C(=O)N[C@H](C(=O)NCC(=O)N[C@@H](CSI)C(=O)O)[C@@H](C)O)NC(=O)[C@H](C)NC(=O)[C@@H]3CCCN3C(=O)[C@H](CC(N)=O)NC(=O)[C@H](CSSC[C@H](N)C(=O)N2)NC1=O. The molecule has 1 aromatic rings. The second kappa shape index (κ2) is 38.7. The van der Waals surface area contributed by atoms with Gasteiger partial charge in [-0.25, -0.2) is 4.79 Å². The Morgan fingerprint density at radius 2 is 1.30 bits per heavy atom. The number of nitrogens with one attached hydrogen (secondary N) is 11. The molecule has 33 nitrogen and oxygen atoms in total. The van der Waals surface area contributed by atoms with Crippen LogP contribution in [0.15, 0.2) is 24.3 Å². The van der Waals surface area contributed by atoms with E-state index in [0.717, 1.165) is 75.7 Å². The Kier molecular flexibility index (Phi) is 32.9. The summed E-state index contributed by atoms with van der Waals surface area (Å²) in [7, 11) is 4.51. The Balaban J connectivity index is 1.85. The van der Waals surface area contributed by atoms with Crippen molar-refractivity contribution in [3.8, 4) is 5.75 Å². The number of aliphatic hydroxyl groups is 1. The Labute approximate surface area is 557 Å². The van der Waals surface area contributed by atoms with Gasteiger partial charge in [-0.3, -0.25) is 67.1 Å². The number of hydrogen-bond donors (Lipinski definition) is 17. The maximum Gasteiger partial charge on any atom is 0.327 e. The number of amides is 13. The molecule has 4 rings (SSSR count). The van der Waals surface area contributed by atoms with E-state index in [1.54, 1.807) is 6.26 Å². The molecule has 91 heavy (non-hydrogen) atoms. The van der Waals surface area contributed by atoms with Gasteiger partial charge < -0.3 is 95.3 Å². The first kappa shape index (κ1) is 77.3. The summed E-state index contributed by atoms with van der Waals surface area (Å²) in [5, 5.41) is 66.7. The third-order valence-electron chi connectivity index (χ3n) is 13.6. The molecule has 3 saturated heterocycles. The molecular formula is C51H73IN14O19S6. The minimum atomic E-state index is -1.84. The highest BCUT2D eigenvalue weighted by atomic mass is 127. The zero-order valence-electron chi connectivity index (χ0n) is 49.1. The van der Waals surface area contributed by atoms with Gasteiger partial charge in [0.15, 0.2) is 0 Å². The maximum absolute atomic E-state index is 14.5. The Hall–Kier alpha value is -6.18. The highest BCUT2D eigenvalue weighted by Gasteiger charge is 2.41. The highest BCUT2D eigenvalue weighted by Crippen LogP contribution is 2.26. The third-order valence-corrected chi connectivity index (χ3v) is 20.6. The van der Waals surface area contributed by atoms with Crippen LogP contribution in [-0.2, 0) is 78.3 Å². The minimum Gasteiger partial charge on any atom is -0.508 e. The van der Waals surface area contributed by atoms with Crippen molar-refractivity contribution >= 4 is 174 Å². The van der Waals surface area contributed by atoms with Crippen LogP contribution in [0.3, 0.4) is 0 Å². The number of carbonyl (C=O) groups excluding carboxylic acids is 13. The van der Waals surface area contributed by atoms with Gasteiger partial charge in [-0.15, -0.1) is 0 Å². The van der Waals surface area contributed by atoms with Crippen molar-refractivity contribution in [2.24, 2.45) is 11.5 Å². The predicted octanol–water partition coefficient (Wildman–Crippen LogP) is -5.32. The van der Waals surface area contributed by atoms with Crippen LogP contribution in [0.25, 0.3) is 0 Å². The minimum absolute atomic E-state index is 0.0141. The molecule has 0 aromatic heterocycles. The van der Waals surface area contributed by atoms with Crippen LogP contribution in [0, 0.1) is 0 Å². The van der Waals surface area contributed by atoms with Gasteiger partial charge >= 0.3 is 11.9 Å². The summed E-state index contributed by atoms with van der Waals surface area (Å²) in [5.74, 6) is -18.0. The molecule has 13 atom stereocenters. The summed E-state index contributed by atoms with van der Waals surface area (Å²) < 4.78 is 0. The second-order valence-corrected chi connectivity index (χ2v) is 29.1. The van der Waals surface area contributed by atoms with Crippen LogP contribution in [0.5, 0.6) is 5.75 Å². The zero-order chi connectivity index (χ0) is 67.6. The topological polar surface area (TPSA) is 525 Å². The molecule has 2 bridgehead atoms. The average molecular weight is 1510 g/mol. The molecule has 40 heteroatoms. The average Bonchev–Trinajstić information content (AvgIpc) is 2.07. The normalized spacial score (nSPS) is 25.9. The number of rotatable bonds is 19. The first-order valence-electron chi connectivity index (χ1n) is 27.8. The molecule has 0 saturated carbocycles. The number of carboxylic acids is 2. The molecule has 13 amide bonds. The van der Waals surface area contributed by atoms with Crippen molar-refractivity contribution in [2.75, 3.05) is 53.9 Å². The summed E-state index contributed by atoms with van der Waals surface area (Å²) in [4.78, 5) is 206. The van der Waals surface area contributed by atoms with Crippen molar-refractivity contribution in [1.29, 1.82) is 0 Å². The van der Waals surface area contributed by atoms with Crippen molar-refractivity contribution in [3.05, 3.63) is 29.8 Å².